The largest absolute Gasteiger partial charge is 0.350 e. The molecular weight excluding hydrogens is 402 g/mol. The fourth-order valence-electron chi connectivity index (χ4n) is 2.76. The summed E-state index contributed by atoms with van der Waals surface area (Å²) >= 11 is 0. The number of carbonyl (C=O) groups excluding carboxylic acids is 2. The van der Waals surface area contributed by atoms with Crippen LogP contribution < -0.4 is 10.6 Å². The van der Waals surface area contributed by atoms with Gasteiger partial charge in [0.05, 0.1) is 16.1 Å². The first-order chi connectivity index (χ1) is 14.3. The lowest BCUT2D eigenvalue weighted by Gasteiger charge is -2.17. The standard InChI is InChI=1S/C22H29N3O4S/c1-4-17(2)23-22(27)19-13-8-9-14-20(19)24-21(26)15-10-16-25(3)30(28,29)18-11-6-5-7-12-18/h5-9,11-14,17H,4,10,15-16H2,1-3H3,(H,23,27)(H,24,26). The van der Waals surface area contributed by atoms with Gasteiger partial charge in [0.15, 0.2) is 0 Å². The Balaban J connectivity index is 1.92. The van der Waals surface area contributed by atoms with E-state index in [1.165, 1.54) is 11.4 Å². The van der Waals surface area contributed by atoms with Gasteiger partial charge in [-0.05, 0) is 44.0 Å². The van der Waals surface area contributed by atoms with Crippen LogP contribution in [0.5, 0.6) is 0 Å². The Kier molecular flexibility index (Phi) is 8.56. The number of sulfonamides is 1. The summed E-state index contributed by atoms with van der Waals surface area (Å²) in [5, 5.41) is 5.65. The maximum absolute atomic E-state index is 12.5. The first-order valence-corrected chi connectivity index (χ1v) is 11.4. The Labute approximate surface area is 178 Å². The van der Waals surface area contributed by atoms with Gasteiger partial charge in [0.1, 0.15) is 0 Å². The van der Waals surface area contributed by atoms with E-state index < -0.39 is 10.0 Å². The number of carbonyl (C=O) groups is 2. The molecule has 30 heavy (non-hydrogen) atoms. The number of para-hydroxylation sites is 1. The zero-order valence-corrected chi connectivity index (χ0v) is 18.4. The van der Waals surface area contributed by atoms with Gasteiger partial charge >= 0.3 is 0 Å². The minimum absolute atomic E-state index is 0.0309. The molecule has 2 aromatic rings. The number of anilines is 1. The van der Waals surface area contributed by atoms with Gasteiger partial charge in [0.25, 0.3) is 5.91 Å². The lowest BCUT2D eigenvalue weighted by atomic mass is 10.1. The van der Waals surface area contributed by atoms with Gasteiger partial charge in [0, 0.05) is 26.1 Å². The Morgan fingerprint density at radius 2 is 1.67 bits per heavy atom. The fraction of sp³-hybridized carbons (Fsp3) is 0.364. The quantitative estimate of drug-likeness (QED) is 0.604. The molecule has 162 valence electrons. The molecule has 0 radical (unpaired) electrons. The highest BCUT2D eigenvalue weighted by molar-refractivity contribution is 7.89. The summed E-state index contributed by atoms with van der Waals surface area (Å²) in [6.45, 7) is 4.10. The molecule has 0 spiro atoms. The van der Waals surface area contributed by atoms with Crippen molar-refractivity contribution in [3.8, 4) is 0 Å². The van der Waals surface area contributed by atoms with Crippen molar-refractivity contribution in [2.24, 2.45) is 0 Å². The van der Waals surface area contributed by atoms with Gasteiger partial charge in [-0.25, -0.2) is 12.7 Å². The average molecular weight is 432 g/mol. The van der Waals surface area contributed by atoms with Crippen LogP contribution in [0.1, 0.15) is 43.5 Å². The van der Waals surface area contributed by atoms with Crippen molar-refractivity contribution < 1.29 is 18.0 Å². The molecule has 1 unspecified atom stereocenters. The first kappa shape index (κ1) is 23.6. The monoisotopic (exact) mass is 431 g/mol. The normalized spacial score (nSPS) is 12.4. The van der Waals surface area contributed by atoms with Gasteiger partial charge in [0.2, 0.25) is 15.9 Å². The Hall–Kier alpha value is -2.71. The van der Waals surface area contributed by atoms with Crippen LogP contribution in [-0.2, 0) is 14.8 Å². The topological polar surface area (TPSA) is 95.6 Å². The van der Waals surface area contributed by atoms with Crippen molar-refractivity contribution >= 4 is 27.5 Å². The molecule has 0 fully saturated rings. The highest BCUT2D eigenvalue weighted by atomic mass is 32.2. The molecule has 2 aromatic carbocycles. The van der Waals surface area contributed by atoms with Crippen LogP contribution in [0.4, 0.5) is 5.69 Å². The van der Waals surface area contributed by atoms with E-state index in [-0.39, 0.29) is 35.7 Å². The van der Waals surface area contributed by atoms with Crippen molar-refractivity contribution in [3.63, 3.8) is 0 Å². The van der Waals surface area contributed by atoms with Gasteiger partial charge in [-0.1, -0.05) is 37.3 Å². The third kappa shape index (κ3) is 6.40. The van der Waals surface area contributed by atoms with Gasteiger partial charge in [-0.3, -0.25) is 9.59 Å². The van der Waals surface area contributed by atoms with Crippen LogP contribution in [-0.4, -0.2) is 44.2 Å². The highest BCUT2D eigenvalue weighted by Gasteiger charge is 2.20. The average Bonchev–Trinajstić information content (AvgIpc) is 2.74. The number of benzene rings is 2. The lowest BCUT2D eigenvalue weighted by Crippen LogP contribution is -2.32. The smallest absolute Gasteiger partial charge is 0.253 e. The molecule has 0 aliphatic heterocycles. The molecule has 0 aliphatic rings. The third-order valence-corrected chi connectivity index (χ3v) is 6.63. The molecule has 8 heteroatoms. The van der Waals surface area contributed by atoms with Gasteiger partial charge in [-0.15, -0.1) is 0 Å². The highest BCUT2D eigenvalue weighted by Crippen LogP contribution is 2.17. The Morgan fingerprint density at radius 3 is 2.33 bits per heavy atom. The van der Waals surface area contributed by atoms with E-state index in [4.69, 9.17) is 0 Å². The second kappa shape index (κ2) is 10.9. The van der Waals surface area contributed by atoms with Crippen LogP contribution >= 0.6 is 0 Å². The van der Waals surface area contributed by atoms with E-state index in [1.54, 1.807) is 54.6 Å². The Morgan fingerprint density at radius 1 is 1.03 bits per heavy atom. The zero-order valence-electron chi connectivity index (χ0n) is 17.6. The summed E-state index contributed by atoms with van der Waals surface area (Å²) in [5.74, 6) is -0.516. The van der Waals surface area contributed by atoms with Crippen LogP contribution in [0.3, 0.4) is 0 Å². The van der Waals surface area contributed by atoms with E-state index in [2.05, 4.69) is 10.6 Å². The maximum atomic E-state index is 12.5. The predicted molar refractivity (Wildman–Crippen MR) is 118 cm³/mol. The number of nitrogens with one attached hydrogen (secondary N) is 2. The van der Waals surface area contributed by atoms with Gasteiger partial charge in [-0.2, -0.15) is 0 Å². The molecule has 0 heterocycles. The van der Waals surface area contributed by atoms with Crippen molar-refractivity contribution in [1.29, 1.82) is 0 Å². The van der Waals surface area contributed by atoms with Gasteiger partial charge < -0.3 is 10.6 Å². The molecule has 0 saturated carbocycles. The second-order valence-corrected chi connectivity index (χ2v) is 9.16. The number of hydrogen-bond donors (Lipinski definition) is 2. The van der Waals surface area contributed by atoms with Crippen LogP contribution in [0.15, 0.2) is 59.5 Å². The molecule has 2 amide bonds. The van der Waals surface area contributed by atoms with E-state index in [0.29, 0.717) is 17.7 Å². The molecule has 2 rings (SSSR count). The van der Waals surface area contributed by atoms with Crippen molar-refractivity contribution in [3.05, 3.63) is 60.2 Å². The fourth-order valence-corrected chi connectivity index (χ4v) is 3.99. The number of nitrogens with zero attached hydrogens (tertiary/aromatic N) is 1. The SMILES string of the molecule is CCC(C)NC(=O)c1ccccc1NC(=O)CCCN(C)S(=O)(=O)c1ccccc1. The molecule has 0 aliphatic carbocycles. The molecule has 0 saturated heterocycles. The lowest BCUT2D eigenvalue weighted by molar-refractivity contribution is -0.116. The van der Waals surface area contributed by atoms with E-state index in [0.717, 1.165) is 6.42 Å². The van der Waals surface area contributed by atoms with E-state index in [9.17, 15) is 18.0 Å². The van der Waals surface area contributed by atoms with E-state index >= 15 is 0 Å². The summed E-state index contributed by atoms with van der Waals surface area (Å²) in [4.78, 5) is 25.0. The maximum Gasteiger partial charge on any atom is 0.253 e. The summed E-state index contributed by atoms with van der Waals surface area (Å²) < 4.78 is 26.3. The van der Waals surface area contributed by atoms with E-state index in [1.807, 2.05) is 13.8 Å². The van der Waals surface area contributed by atoms with Crippen molar-refractivity contribution in [2.75, 3.05) is 18.9 Å². The third-order valence-electron chi connectivity index (χ3n) is 4.76. The number of amides is 2. The van der Waals surface area contributed by atoms with Crippen LogP contribution in [0.25, 0.3) is 0 Å². The summed E-state index contributed by atoms with van der Waals surface area (Å²) in [7, 11) is -2.08. The molecule has 2 N–H and O–H groups in total. The number of hydrogen-bond acceptors (Lipinski definition) is 4. The minimum atomic E-state index is -3.58. The molecular formula is C22H29N3O4S. The summed E-state index contributed by atoms with van der Waals surface area (Å²) in [6, 6.07) is 15.0. The molecule has 0 aromatic heterocycles. The van der Waals surface area contributed by atoms with Crippen LogP contribution in [0, 0.1) is 0 Å². The molecule has 0 bridgehead atoms. The summed E-state index contributed by atoms with van der Waals surface area (Å²) in [6.07, 6.45) is 1.30. The first-order valence-electron chi connectivity index (χ1n) is 9.96. The zero-order chi connectivity index (χ0) is 22.1. The molecule has 7 nitrogen and oxygen atoms in total. The Bertz CT molecular complexity index is 961. The predicted octanol–water partition coefficient (Wildman–Crippen LogP) is 3.25. The second-order valence-electron chi connectivity index (χ2n) is 7.12. The summed E-state index contributed by atoms with van der Waals surface area (Å²) in [5.41, 5.74) is 0.837. The molecule has 1 atom stereocenters. The van der Waals surface area contributed by atoms with Crippen LogP contribution in [0.2, 0.25) is 0 Å². The van der Waals surface area contributed by atoms with Crippen molar-refractivity contribution in [1.82, 2.24) is 9.62 Å². The minimum Gasteiger partial charge on any atom is -0.350 e. The van der Waals surface area contributed by atoms with Crippen molar-refractivity contribution in [2.45, 2.75) is 44.0 Å². The number of rotatable bonds is 10.